The summed E-state index contributed by atoms with van der Waals surface area (Å²) >= 11 is 5.72. The summed E-state index contributed by atoms with van der Waals surface area (Å²) in [6, 6.07) is 7.05. The molecule has 1 heterocycles. The van der Waals surface area contributed by atoms with E-state index in [2.05, 4.69) is 15.3 Å². The molecule has 0 spiro atoms. The number of rotatable bonds is 2. The first kappa shape index (κ1) is 12.5. The van der Waals surface area contributed by atoms with Gasteiger partial charge >= 0.3 is 0 Å². The van der Waals surface area contributed by atoms with Gasteiger partial charge in [-0.15, -0.1) is 0 Å². The van der Waals surface area contributed by atoms with E-state index in [-0.39, 0.29) is 11.9 Å². The van der Waals surface area contributed by atoms with Crippen molar-refractivity contribution in [3.05, 3.63) is 52.3 Å². The van der Waals surface area contributed by atoms with Gasteiger partial charge in [-0.25, -0.2) is 9.97 Å². The molecule has 1 N–H and O–H groups in total. The molecule has 5 heteroatoms. The summed E-state index contributed by atoms with van der Waals surface area (Å²) in [5, 5.41) is 2.89. The number of carbonyl (C=O) groups excluding carboxylic acids is 1. The van der Waals surface area contributed by atoms with Crippen molar-refractivity contribution in [2.45, 2.75) is 13.8 Å². The molecule has 2 rings (SSSR count). The van der Waals surface area contributed by atoms with Crippen LogP contribution in [-0.2, 0) is 0 Å². The first-order valence-corrected chi connectivity index (χ1v) is 5.81. The van der Waals surface area contributed by atoms with E-state index in [1.807, 2.05) is 26.0 Å². The fourth-order valence-corrected chi connectivity index (χ4v) is 1.59. The molecule has 0 fully saturated rings. The number of nitrogens with one attached hydrogen (secondary N) is 1. The van der Waals surface area contributed by atoms with Crippen molar-refractivity contribution in [2.75, 3.05) is 5.32 Å². The molecule has 0 radical (unpaired) electrons. The Kier molecular flexibility index (Phi) is 3.58. The van der Waals surface area contributed by atoms with Gasteiger partial charge in [0.05, 0.1) is 0 Å². The molecule has 0 atom stereocenters. The second-order valence-electron chi connectivity index (χ2n) is 3.96. The van der Waals surface area contributed by atoms with Gasteiger partial charge < -0.3 is 0 Å². The fourth-order valence-electron chi connectivity index (χ4n) is 1.45. The maximum Gasteiger partial charge on any atom is 0.258 e. The third-order valence-electron chi connectivity index (χ3n) is 2.62. The minimum atomic E-state index is -0.250. The molecule has 0 bridgehead atoms. The monoisotopic (exact) mass is 261 g/mol. The summed E-state index contributed by atoms with van der Waals surface area (Å²) in [6.07, 6.45) is 1.49. The van der Waals surface area contributed by atoms with E-state index in [1.165, 1.54) is 6.20 Å². The lowest BCUT2D eigenvalue weighted by molar-refractivity contribution is 0.102. The molecule has 2 aromatic rings. The van der Waals surface area contributed by atoms with E-state index in [4.69, 9.17) is 11.6 Å². The highest BCUT2D eigenvalue weighted by atomic mass is 35.5. The maximum absolute atomic E-state index is 12.0. The molecule has 1 amide bonds. The smallest absolute Gasteiger partial charge is 0.258 e. The number of anilines is 1. The van der Waals surface area contributed by atoms with E-state index in [1.54, 1.807) is 12.1 Å². The third kappa shape index (κ3) is 2.84. The third-order valence-corrected chi connectivity index (χ3v) is 2.83. The van der Waals surface area contributed by atoms with Crippen molar-refractivity contribution < 1.29 is 4.79 Å². The highest BCUT2D eigenvalue weighted by Crippen LogP contribution is 2.12. The molecule has 1 aromatic carbocycles. The van der Waals surface area contributed by atoms with Gasteiger partial charge in [-0.1, -0.05) is 17.7 Å². The molecular formula is C13H12ClN3O. The number of halogens is 1. The zero-order chi connectivity index (χ0) is 13.1. The average Bonchev–Trinajstić information content (AvgIpc) is 2.32. The number of nitrogens with zero attached hydrogens (tertiary/aromatic N) is 2. The van der Waals surface area contributed by atoms with Crippen LogP contribution in [0.5, 0.6) is 0 Å². The topological polar surface area (TPSA) is 54.9 Å². The summed E-state index contributed by atoms with van der Waals surface area (Å²) in [6.45, 7) is 3.96. The van der Waals surface area contributed by atoms with Crippen LogP contribution in [0.25, 0.3) is 0 Å². The van der Waals surface area contributed by atoms with Crippen LogP contribution in [0.15, 0.2) is 30.5 Å². The highest BCUT2D eigenvalue weighted by Gasteiger charge is 2.08. The number of hydrogen-bond acceptors (Lipinski definition) is 3. The summed E-state index contributed by atoms with van der Waals surface area (Å²) in [5.41, 5.74) is 2.78. The number of aromatic nitrogens is 2. The second-order valence-corrected chi connectivity index (χ2v) is 4.34. The summed E-state index contributed by atoms with van der Waals surface area (Å²) < 4.78 is 0. The van der Waals surface area contributed by atoms with E-state index >= 15 is 0 Å². The van der Waals surface area contributed by atoms with Gasteiger partial charge in [0.15, 0.2) is 0 Å². The van der Waals surface area contributed by atoms with Crippen molar-refractivity contribution in [1.29, 1.82) is 0 Å². The summed E-state index contributed by atoms with van der Waals surface area (Å²) in [7, 11) is 0. The van der Waals surface area contributed by atoms with Crippen LogP contribution in [0.2, 0.25) is 5.15 Å². The van der Waals surface area contributed by atoms with Crippen LogP contribution in [0.1, 0.15) is 21.5 Å². The van der Waals surface area contributed by atoms with Crippen molar-refractivity contribution in [1.82, 2.24) is 9.97 Å². The molecule has 0 saturated heterocycles. The van der Waals surface area contributed by atoms with Gasteiger partial charge in [0.25, 0.3) is 5.91 Å². The van der Waals surface area contributed by atoms with Gasteiger partial charge in [-0.2, -0.15) is 0 Å². The Morgan fingerprint density at radius 2 is 2.00 bits per heavy atom. The lowest BCUT2D eigenvalue weighted by atomic mass is 10.1. The van der Waals surface area contributed by atoms with Crippen LogP contribution < -0.4 is 5.32 Å². The van der Waals surface area contributed by atoms with Gasteiger partial charge in [-0.05, 0) is 43.2 Å². The first-order chi connectivity index (χ1) is 8.56. The first-order valence-electron chi connectivity index (χ1n) is 5.43. The van der Waals surface area contributed by atoms with Crippen LogP contribution in [0.3, 0.4) is 0 Å². The molecule has 0 aliphatic heterocycles. The van der Waals surface area contributed by atoms with Crippen LogP contribution >= 0.6 is 11.6 Å². The maximum atomic E-state index is 12.0. The molecule has 18 heavy (non-hydrogen) atoms. The molecule has 92 valence electrons. The van der Waals surface area contributed by atoms with Crippen LogP contribution in [-0.4, -0.2) is 15.9 Å². The number of aryl methyl sites for hydroxylation is 2. The Morgan fingerprint density at radius 1 is 1.22 bits per heavy atom. The Morgan fingerprint density at radius 3 is 2.67 bits per heavy atom. The molecule has 0 aliphatic carbocycles. The highest BCUT2D eigenvalue weighted by molar-refractivity contribution is 6.29. The SMILES string of the molecule is Cc1ccc(C(=O)Nc2nccc(Cl)n2)cc1C. The van der Waals surface area contributed by atoms with Crippen molar-refractivity contribution in [2.24, 2.45) is 0 Å². The number of amides is 1. The van der Waals surface area contributed by atoms with Crippen LogP contribution in [0.4, 0.5) is 5.95 Å². The van der Waals surface area contributed by atoms with E-state index in [9.17, 15) is 4.79 Å². The Labute approximate surface area is 110 Å². The van der Waals surface area contributed by atoms with Crippen molar-refractivity contribution in [3.8, 4) is 0 Å². The summed E-state index contributed by atoms with van der Waals surface area (Å²) in [4.78, 5) is 19.8. The lowest BCUT2D eigenvalue weighted by Crippen LogP contribution is -2.14. The second kappa shape index (κ2) is 5.14. The largest absolute Gasteiger partial charge is 0.290 e. The van der Waals surface area contributed by atoms with Gasteiger partial charge in [0.2, 0.25) is 5.95 Å². The predicted octanol–water partition coefficient (Wildman–Crippen LogP) is 3.00. The minimum absolute atomic E-state index is 0.200. The molecule has 0 unspecified atom stereocenters. The minimum Gasteiger partial charge on any atom is -0.290 e. The fraction of sp³-hybridized carbons (Fsp3) is 0.154. The zero-order valence-electron chi connectivity index (χ0n) is 10.1. The number of hydrogen-bond donors (Lipinski definition) is 1. The predicted molar refractivity (Wildman–Crippen MR) is 70.9 cm³/mol. The molecular weight excluding hydrogens is 250 g/mol. The molecule has 1 aromatic heterocycles. The standard InChI is InChI=1S/C13H12ClN3O/c1-8-3-4-10(7-9(8)2)12(18)17-13-15-6-5-11(14)16-13/h3-7H,1-2H3,(H,15,16,17,18). The Balaban J connectivity index is 2.19. The Bertz CT molecular complexity index is 599. The lowest BCUT2D eigenvalue weighted by Gasteiger charge is -2.06. The number of carbonyl (C=O) groups is 1. The molecule has 4 nitrogen and oxygen atoms in total. The van der Waals surface area contributed by atoms with Crippen LogP contribution in [0, 0.1) is 13.8 Å². The van der Waals surface area contributed by atoms with E-state index < -0.39 is 0 Å². The quantitative estimate of drug-likeness (QED) is 0.846. The zero-order valence-corrected chi connectivity index (χ0v) is 10.8. The molecule has 0 aliphatic rings. The van der Waals surface area contributed by atoms with Crippen molar-refractivity contribution >= 4 is 23.5 Å². The average molecular weight is 262 g/mol. The van der Waals surface area contributed by atoms with Gasteiger partial charge in [0.1, 0.15) is 5.15 Å². The summed E-state index contributed by atoms with van der Waals surface area (Å²) in [5.74, 6) is -0.0499. The molecule has 0 saturated carbocycles. The van der Waals surface area contributed by atoms with Crippen molar-refractivity contribution in [3.63, 3.8) is 0 Å². The Hall–Kier alpha value is -1.94. The number of benzene rings is 1. The normalized spacial score (nSPS) is 10.2. The van der Waals surface area contributed by atoms with E-state index in [0.717, 1.165) is 11.1 Å². The van der Waals surface area contributed by atoms with Gasteiger partial charge in [-0.3, -0.25) is 10.1 Å². The van der Waals surface area contributed by atoms with E-state index in [0.29, 0.717) is 10.7 Å². The van der Waals surface area contributed by atoms with Gasteiger partial charge in [0, 0.05) is 11.8 Å².